The lowest BCUT2D eigenvalue weighted by atomic mass is 10.2. The Labute approximate surface area is 170 Å². The highest BCUT2D eigenvalue weighted by Gasteiger charge is 2.18. The molecule has 0 saturated heterocycles. The van der Waals surface area contributed by atoms with Crippen molar-refractivity contribution in [1.82, 2.24) is 20.0 Å². The Kier molecular flexibility index (Phi) is 5.15. The number of hydrogen-bond acceptors (Lipinski definition) is 6. The van der Waals surface area contributed by atoms with Crippen LogP contribution in [0.15, 0.2) is 64.2 Å². The minimum absolute atomic E-state index is 0.423. The van der Waals surface area contributed by atoms with Crippen LogP contribution in [0.1, 0.15) is 17.0 Å². The van der Waals surface area contributed by atoms with Gasteiger partial charge in [-0.25, -0.2) is 4.68 Å². The lowest BCUT2D eigenvalue weighted by Crippen LogP contribution is -2.02. The summed E-state index contributed by atoms with van der Waals surface area (Å²) in [6.45, 7) is 1.83. The van der Waals surface area contributed by atoms with E-state index in [1.807, 2.05) is 49.4 Å². The van der Waals surface area contributed by atoms with Crippen LogP contribution < -0.4 is 0 Å². The second-order valence-corrected chi connectivity index (χ2v) is 7.30. The minimum Gasteiger partial charge on any atom is -0.411 e. The third kappa shape index (κ3) is 3.65. The average Bonchev–Trinajstić information content (AvgIpc) is 3.31. The molecule has 0 amide bonds. The number of nitrogens with zero attached hydrogens (tertiary/aromatic N) is 5. The largest absolute Gasteiger partial charge is 0.411 e. The zero-order valence-electron chi connectivity index (χ0n) is 14.8. The van der Waals surface area contributed by atoms with E-state index in [1.54, 1.807) is 16.8 Å². The molecule has 0 aliphatic heterocycles. The molecule has 8 heteroatoms. The van der Waals surface area contributed by atoms with E-state index in [-0.39, 0.29) is 0 Å². The summed E-state index contributed by atoms with van der Waals surface area (Å²) in [6, 6.07) is 19.2. The van der Waals surface area contributed by atoms with Crippen molar-refractivity contribution < 1.29 is 4.42 Å². The number of rotatable bonds is 5. The summed E-state index contributed by atoms with van der Waals surface area (Å²) in [5, 5.41) is 23.3. The van der Waals surface area contributed by atoms with Crippen LogP contribution >= 0.6 is 23.4 Å². The molecule has 28 heavy (non-hydrogen) atoms. The van der Waals surface area contributed by atoms with Crippen molar-refractivity contribution in [2.45, 2.75) is 17.9 Å². The van der Waals surface area contributed by atoms with Gasteiger partial charge in [-0.1, -0.05) is 41.6 Å². The molecule has 0 fully saturated rings. The maximum atomic E-state index is 9.56. The first kappa shape index (κ1) is 18.3. The Morgan fingerprint density at radius 2 is 1.86 bits per heavy atom. The Hall–Kier alpha value is -3.08. The number of hydrogen-bond donors (Lipinski definition) is 0. The highest BCUT2D eigenvalue weighted by atomic mass is 35.5. The fraction of sp³-hybridized carbons (Fsp3) is 0.100. The van der Waals surface area contributed by atoms with Gasteiger partial charge in [0.1, 0.15) is 6.07 Å². The third-order valence-corrected chi connectivity index (χ3v) is 5.18. The van der Waals surface area contributed by atoms with Crippen molar-refractivity contribution in [2.75, 3.05) is 0 Å². The predicted molar refractivity (Wildman–Crippen MR) is 107 cm³/mol. The van der Waals surface area contributed by atoms with Crippen LogP contribution in [0.5, 0.6) is 0 Å². The van der Waals surface area contributed by atoms with Crippen LogP contribution in [0.3, 0.4) is 0 Å². The summed E-state index contributed by atoms with van der Waals surface area (Å²) >= 11 is 7.28. The number of nitriles is 1. The summed E-state index contributed by atoms with van der Waals surface area (Å²) in [6.07, 6.45) is 0. The predicted octanol–water partition coefficient (Wildman–Crippen LogP) is 5.05. The van der Waals surface area contributed by atoms with E-state index in [0.29, 0.717) is 33.1 Å². The second kappa shape index (κ2) is 7.89. The van der Waals surface area contributed by atoms with Gasteiger partial charge in [0.25, 0.3) is 5.22 Å². The van der Waals surface area contributed by atoms with Crippen LogP contribution in [0.4, 0.5) is 0 Å². The number of thioether (sulfide) groups is 1. The standard InChI is InChI=1S/C20H14ClN5OS/c1-13-17(11-22)18(26(25-13)16-5-3-2-4-6-16)12-28-20-24-23-19(27-20)14-7-9-15(21)10-8-14/h2-10H,12H2,1H3. The fourth-order valence-electron chi connectivity index (χ4n) is 2.74. The van der Waals surface area contributed by atoms with Gasteiger partial charge < -0.3 is 4.42 Å². The Morgan fingerprint density at radius 3 is 2.57 bits per heavy atom. The van der Waals surface area contributed by atoms with Gasteiger partial charge in [0.2, 0.25) is 5.89 Å². The monoisotopic (exact) mass is 407 g/mol. The molecule has 0 N–H and O–H groups in total. The molecule has 4 rings (SSSR count). The molecule has 4 aromatic rings. The molecule has 0 aliphatic rings. The Bertz CT molecular complexity index is 1150. The number of halogens is 1. The highest BCUT2D eigenvalue weighted by Crippen LogP contribution is 2.29. The van der Waals surface area contributed by atoms with E-state index in [2.05, 4.69) is 21.4 Å². The quantitative estimate of drug-likeness (QED) is 0.431. The summed E-state index contributed by atoms with van der Waals surface area (Å²) in [7, 11) is 0. The first-order valence-corrected chi connectivity index (χ1v) is 9.78. The van der Waals surface area contributed by atoms with Crippen molar-refractivity contribution in [3.63, 3.8) is 0 Å². The maximum Gasteiger partial charge on any atom is 0.277 e. The van der Waals surface area contributed by atoms with E-state index in [9.17, 15) is 5.26 Å². The average molecular weight is 408 g/mol. The van der Waals surface area contributed by atoms with Gasteiger partial charge in [-0.3, -0.25) is 0 Å². The summed E-state index contributed by atoms with van der Waals surface area (Å²) in [5.74, 6) is 0.897. The molecule has 0 radical (unpaired) electrons. The van der Waals surface area contributed by atoms with Gasteiger partial charge in [-0.15, -0.1) is 10.2 Å². The second-order valence-electron chi connectivity index (χ2n) is 5.93. The topological polar surface area (TPSA) is 80.5 Å². The maximum absolute atomic E-state index is 9.56. The smallest absolute Gasteiger partial charge is 0.277 e. The van der Waals surface area contributed by atoms with Gasteiger partial charge in [0.05, 0.1) is 22.6 Å². The molecule has 0 atom stereocenters. The number of aromatic nitrogens is 4. The number of para-hydroxylation sites is 1. The molecule has 2 aromatic heterocycles. The molecule has 6 nitrogen and oxygen atoms in total. The van der Waals surface area contributed by atoms with Gasteiger partial charge >= 0.3 is 0 Å². The van der Waals surface area contributed by atoms with Crippen molar-refractivity contribution >= 4 is 23.4 Å². The van der Waals surface area contributed by atoms with Crippen LogP contribution in [0, 0.1) is 18.3 Å². The molecule has 0 bridgehead atoms. The van der Waals surface area contributed by atoms with Gasteiger partial charge in [0, 0.05) is 16.3 Å². The summed E-state index contributed by atoms with van der Waals surface area (Å²) in [5.41, 5.74) is 3.74. The molecular weight excluding hydrogens is 394 g/mol. The van der Waals surface area contributed by atoms with Crippen LogP contribution in [0.25, 0.3) is 17.1 Å². The van der Waals surface area contributed by atoms with Crippen molar-refractivity contribution in [3.05, 3.63) is 76.6 Å². The summed E-state index contributed by atoms with van der Waals surface area (Å²) < 4.78 is 7.53. The van der Waals surface area contributed by atoms with E-state index in [4.69, 9.17) is 16.0 Å². The van der Waals surface area contributed by atoms with E-state index in [1.165, 1.54) is 11.8 Å². The lowest BCUT2D eigenvalue weighted by Gasteiger charge is -2.06. The van der Waals surface area contributed by atoms with Crippen LogP contribution in [-0.4, -0.2) is 20.0 Å². The zero-order valence-corrected chi connectivity index (χ0v) is 16.4. The zero-order chi connectivity index (χ0) is 19.5. The molecular formula is C20H14ClN5OS. The van der Waals surface area contributed by atoms with Crippen LogP contribution in [0.2, 0.25) is 5.02 Å². The molecule has 138 valence electrons. The van der Waals surface area contributed by atoms with Gasteiger partial charge in [-0.05, 0) is 43.3 Å². The SMILES string of the molecule is Cc1nn(-c2ccccc2)c(CSc2nnc(-c3ccc(Cl)cc3)o2)c1C#N. The fourth-order valence-corrected chi connectivity index (χ4v) is 3.63. The van der Waals surface area contributed by atoms with Gasteiger partial charge in [0.15, 0.2) is 0 Å². The molecule has 0 spiro atoms. The molecule has 0 saturated carbocycles. The molecule has 2 heterocycles. The Morgan fingerprint density at radius 1 is 1.11 bits per heavy atom. The number of benzene rings is 2. The highest BCUT2D eigenvalue weighted by molar-refractivity contribution is 7.98. The first-order valence-electron chi connectivity index (χ1n) is 8.42. The van der Waals surface area contributed by atoms with Crippen molar-refractivity contribution in [3.8, 4) is 23.2 Å². The van der Waals surface area contributed by atoms with Crippen molar-refractivity contribution in [2.24, 2.45) is 0 Å². The normalized spacial score (nSPS) is 10.8. The van der Waals surface area contributed by atoms with Crippen molar-refractivity contribution in [1.29, 1.82) is 5.26 Å². The van der Waals surface area contributed by atoms with Gasteiger partial charge in [-0.2, -0.15) is 10.4 Å². The van der Waals surface area contributed by atoms with E-state index < -0.39 is 0 Å². The number of aryl methyl sites for hydroxylation is 1. The molecule has 0 unspecified atom stereocenters. The Balaban J connectivity index is 1.59. The first-order chi connectivity index (χ1) is 13.7. The third-order valence-electron chi connectivity index (χ3n) is 4.10. The molecule has 2 aromatic carbocycles. The lowest BCUT2D eigenvalue weighted by molar-refractivity contribution is 0.465. The minimum atomic E-state index is 0.423. The summed E-state index contributed by atoms with van der Waals surface area (Å²) in [4.78, 5) is 0. The molecule has 0 aliphatic carbocycles. The van der Waals surface area contributed by atoms with E-state index >= 15 is 0 Å². The van der Waals surface area contributed by atoms with Crippen LogP contribution in [-0.2, 0) is 5.75 Å². The van der Waals surface area contributed by atoms with E-state index in [0.717, 1.165) is 16.9 Å².